The molecule has 0 N–H and O–H groups in total. The van der Waals surface area contributed by atoms with Crippen LogP contribution in [-0.2, 0) is 21.8 Å². The van der Waals surface area contributed by atoms with Crippen molar-refractivity contribution in [2.24, 2.45) is 0 Å². The molecule has 1 aliphatic heterocycles. The average Bonchev–Trinajstić information content (AvgIpc) is 3.24. The number of thiazole rings is 1. The van der Waals surface area contributed by atoms with Crippen molar-refractivity contribution in [1.29, 1.82) is 0 Å². The highest BCUT2D eigenvalue weighted by atomic mass is 79.9. The molecule has 1 aliphatic rings. The number of rotatable bonds is 6. The lowest BCUT2D eigenvalue weighted by Crippen LogP contribution is -2.48. The summed E-state index contributed by atoms with van der Waals surface area (Å²) in [6, 6.07) is 15.6. The van der Waals surface area contributed by atoms with E-state index in [0.717, 1.165) is 22.8 Å². The van der Waals surface area contributed by atoms with E-state index in [1.54, 1.807) is 27.8 Å². The fourth-order valence-electron chi connectivity index (χ4n) is 3.46. The fourth-order valence-corrected chi connectivity index (χ4v) is 6.13. The minimum atomic E-state index is -3.46. The number of halogens is 1. The fraction of sp³-hybridized carbons (Fsp3) is 0.318. The SMILES string of the molecule is Cc1ccc(Cc2csc(N3CCN(S(=O)(=O)c4ccc(CBr)cc4)CC3)n2)cc1. The first-order valence-electron chi connectivity index (χ1n) is 9.85. The van der Waals surface area contributed by atoms with Gasteiger partial charge < -0.3 is 4.90 Å². The molecule has 0 unspecified atom stereocenters. The van der Waals surface area contributed by atoms with Crippen LogP contribution in [0.4, 0.5) is 5.13 Å². The number of alkyl halides is 1. The Hall–Kier alpha value is -1.74. The number of aromatic nitrogens is 1. The summed E-state index contributed by atoms with van der Waals surface area (Å²) in [5.74, 6) is 0. The maximum Gasteiger partial charge on any atom is 0.243 e. The van der Waals surface area contributed by atoms with Gasteiger partial charge in [-0.2, -0.15) is 4.31 Å². The molecule has 0 amide bonds. The largest absolute Gasteiger partial charge is 0.345 e. The van der Waals surface area contributed by atoms with Gasteiger partial charge in [-0.05, 0) is 30.2 Å². The molecule has 1 fully saturated rings. The minimum Gasteiger partial charge on any atom is -0.345 e. The Morgan fingerprint density at radius 1 is 0.967 bits per heavy atom. The molecule has 4 rings (SSSR count). The molecule has 30 heavy (non-hydrogen) atoms. The smallest absolute Gasteiger partial charge is 0.243 e. The van der Waals surface area contributed by atoms with Gasteiger partial charge in [0.15, 0.2) is 5.13 Å². The molecular formula is C22H24BrN3O2S2. The monoisotopic (exact) mass is 505 g/mol. The van der Waals surface area contributed by atoms with E-state index in [0.29, 0.717) is 36.4 Å². The standard InChI is InChI=1S/C22H24BrN3O2S2/c1-17-2-4-18(5-3-17)14-20-16-29-22(24-20)25-10-12-26(13-11-25)30(27,28)21-8-6-19(15-23)7-9-21/h2-9,16H,10-15H2,1H3. The summed E-state index contributed by atoms with van der Waals surface area (Å²) in [6.45, 7) is 4.32. The van der Waals surface area contributed by atoms with Crippen molar-refractivity contribution < 1.29 is 8.42 Å². The van der Waals surface area contributed by atoms with Crippen LogP contribution in [0, 0.1) is 6.92 Å². The molecule has 8 heteroatoms. The Kier molecular flexibility index (Phi) is 6.57. The summed E-state index contributed by atoms with van der Waals surface area (Å²) in [7, 11) is -3.46. The van der Waals surface area contributed by atoms with Crippen molar-refractivity contribution in [3.63, 3.8) is 0 Å². The Morgan fingerprint density at radius 2 is 1.60 bits per heavy atom. The lowest BCUT2D eigenvalue weighted by Gasteiger charge is -2.33. The normalized spacial score (nSPS) is 15.5. The first-order chi connectivity index (χ1) is 14.5. The summed E-state index contributed by atoms with van der Waals surface area (Å²) in [4.78, 5) is 7.33. The van der Waals surface area contributed by atoms with E-state index < -0.39 is 10.0 Å². The van der Waals surface area contributed by atoms with Gasteiger partial charge in [0.05, 0.1) is 10.6 Å². The molecule has 158 valence electrons. The van der Waals surface area contributed by atoms with Crippen LogP contribution in [0.15, 0.2) is 58.8 Å². The highest BCUT2D eigenvalue weighted by molar-refractivity contribution is 9.08. The number of nitrogens with zero attached hydrogens (tertiary/aromatic N) is 3. The third kappa shape index (κ3) is 4.77. The van der Waals surface area contributed by atoms with Crippen molar-refractivity contribution in [2.45, 2.75) is 23.6 Å². The zero-order chi connectivity index (χ0) is 21.1. The third-order valence-corrected chi connectivity index (χ3v) is 8.78. The van der Waals surface area contributed by atoms with Crippen molar-refractivity contribution in [1.82, 2.24) is 9.29 Å². The van der Waals surface area contributed by atoms with Gasteiger partial charge in [0.1, 0.15) is 0 Å². The van der Waals surface area contributed by atoms with Gasteiger partial charge >= 0.3 is 0 Å². The lowest BCUT2D eigenvalue weighted by molar-refractivity contribution is 0.384. The highest BCUT2D eigenvalue weighted by Gasteiger charge is 2.29. The molecule has 1 aromatic heterocycles. The Morgan fingerprint density at radius 3 is 2.23 bits per heavy atom. The van der Waals surface area contributed by atoms with Crippen LogP contribution >= 0.6 is 27.3 Å². The summed E-state index contributed by atoms with van der Waals surface area (Å²) in [6.07, 6.45) is 0.815. The summed E-state index contributed by atoms with van der Waals surface area (Å²) in [5, 5.41) is 3.78. The third-order valence-electron chi connectivity index (χ3n) is 5.27. The summed E-state index contributed by atoms with van der Waals surface area (Å²) in [5.41, 5.74) is 4.62. The van der Waals surface area contributed by atoms with Gasteiger partial charge in [-0.3, -0.25) is 0 Å². The van der Waals surface area contributed by atoms with Crippen molar-refractivity contribution >= 4 is 42.4 Å². The quantitative estimate of drug-likeness (QED) is 0.464. The van der Waals surface area contributed by atoms with E-state index >= 15 is 0 Å². The van der Waals surface area contributed by atoms with Crippen LogP contribution in [0.3, 0.4) is 0 Å². The highest BCUT2D eigenvalue weighted by Crippen LogP contribution is 2.25. The first-order valence-corrected chi connectivity index (χ1v) is 13.3. The molecule has 3 aromatic rings. The van der Waals surface area contributed by atoms with Gasteiger partial charge in [-0.1, -0.05) is 57.9 Å². The van der Waals surface area contributed by atoms with E-state index in [1.807, 2.05) is 12.1 Å². The molecular weight excluding hydrogens is 482 g/mol. The van der Waals surface area contributed by atoms with Gasteiger partial charge in [-0.25, -0.2) is 13.4 Å². The molecule has 0 radical (unpaired) electrons. The second-order valence-corrected chi connectivity index (χ2v) is 10.8. The second kappa shape index (κ2) is 9.18. The molecule has 0 atom stereocenters. The second-order valence-electron chi connectivity index (χ2n) is 7.45. The van der Waals surface area contributed by atoms with E-state index in [9.17, 15) is 8.42 Å². The van der Waals surface area contributed by atoms with Crippen LogP contribution in [0.2, 0.25) is 0 Å². The predicted molar refractivity (Wildman–Crippen MR) is 126 cm³/mol. The molecule has 0 bridgehead atoms. The number of sulfonamides is 1. The lowest BCUT2D eigenvalue weighted by atomic mass is 10.1. The van der Waals surface area contributed by atoms with E-state index in [1.165, 1.54) is 11.1 Å². The van der Waals surface area contributed by atoms with Crippen LogP contribution in [-0.4, -0.2) is 43.9 Å². The molecule has 1 saturated heterocycles. The van der Waals surface area contributed by atoms with Gasteiger partial charge in [0.25, 0.3) is 0 Å². The molecule has 5 nitrogen and oxygen atoms in total. The maximum atomic E-state index is 12.9. The maximum absolute atomic E-state index is 12.9. The zero-order valence-electron chi connectivity index (χ0n) is 16.8. The number of benzene rings is 2. The number of hydrogen-bond acceptors (Lipinski definition) is 5. The van der Waals surface area contributed by atoms with Crippen molar-refractivity contribution in [2.75, 3.05) is 31.1 Å². The van der Waals surface area contributed by atoms with Crippen LogP contribution < -0.4 is 4.90 Å². The predicted octanol–water partition coefficient (Wildman–Crippen LogP) is 4.45. The molecule has 0 aliphatic carbocycles. The van der Waals surface area contributed by atoms with Crippen LogP contribution in [0.1, 0.15) is 22.4 Å². The van der Waals surface area contributed by atoms with Crippen molar-refractivity contribution in [3.8, 4) is 0 Å². The van der Waals surface area contributed by atoms with Crippen LogP contribution in [0.25, 0.3) is 0 Å². The zero-order valence-corrected chi connectivity index (χ0v) is 20.0. The van der Waals surface area contributed by atoms with Gasteiger partial charge in [-0.15, -0.1) is 11.3 Å². The van der Waals surface area contributed by atoms with Crippen molar-refractivity contribution in [3.05, 3.63) is 76.3 Å². The van der Waals surface area contributed by atoms with Crippen LogP contribution in [0.5, 0.6) is 0 Å². The molecule has 0 saturated carbocycles. The Balaban J connectivity index is 1.38. The Bertz CT molecular complexity index is 1090. The number of hydrogen-bond donors (Lipinski definition) is 0. The summed E-state index contributed by atoms with van der Waals surface area (Å²) < 4.78 is 27.5. The first kappa shape index (κ1) is 21.5. The molecule has 0 spiro atoms. The Labute approximate surface area is 190 Å². The number of piperazine rings is 1. The van der Waals surface area contributed by atoms with E-state index in [-0.39, 0.29) is 0 Å². The molecule has 2 heterocycles. The van der Waals surface area contributed by atoms with Gasteiger partial charge in [0.2, 0.25) is 10.0 Å². The molecule has 2 aromatic carbocycles. The minimum absolute atomic E-state index is 0.357. The average molecular weight is 506 g/mol. The van der Waals surface area contributed by atoms with E-state index in [2.05, 4.69) is 57.4 Å². The van der Waals surface area contributed by atoms with Gasteiger partial charge in [0, 0.05) is 43.3 Å². The number of aryl methyl sites for hydroxylation is 1. The number of anilines is 1. The topological polar surface area (TPSA) is 53.5 Å². The van der Waals surface area contributed by atoms with E-state index in [4.69, 9.17) is 4.98 Å². The summed E-state index contributed by atoms with van der Waals surface area (Å²) >= 11 is 5.02.